The number of thiophene rings is 1. The summed E-state index contributed by atoms with van der Waals surface area (Å²) < 4.78 is 32.6. The van der Waals surface area contributed by atoms with E-state index in [0.717, 1.165) is 28.5 Å². The lowest BCUT2D eigenvalue weighted by Gasteiger charge is -2.20. The molecular weight excluding hydrogens is 362 g/mol. The average molecular weight is 378 g/mol. The summed E-state index contributed by atoms with van der Waals surface area (Å²) in [6, 6.07) is 3.53. The Kier molecular flexibility index (Phi) is 4.46. The molecular formula is C18H16F2N2O3S. The molecule has 8 heteroatoms. The highest BCUT2D eigenvalue weighted by atomic mass is 32.1. The first-order chi connectivity index (χ1) is 12.6. The van der Waals surface area contributed by atoms with E-state index in [0.29, 0.717) is 19.8 Å². The first kappa shape index (κ1) is 17.1. The highest BCUT2D eigenvalue weighted by Gasteiger charge is 2.43. The van der Waals surface area contributed by atoms with Crippen LogP contribution in [0.25, 0.3) is 0 Å². The van der Waals surface area contributed by atoms with Crippen LogP contribution < -0.4 is 10.6 Å². The van der Waals surface area contributed by atoms with Crippen LogP contribution in [0.5, 0.6) is 0 Å². The van der Waals surface area contributed by atoms with Crippen molar-refractivity contribution >= 4 is 28.8 Å². The lowest BCUT2D eigenvalue weighted by molar-refractivity contribution is -0.130. The summed E-state index contributed by atoms with van der Waals surface area (Å²) in [5.74, 6) is -4.56. The minimum atomic E-state index is -1.14. The summed E-state index contributed by atoms with van der Waals surface area (Å²) in [4.78, 5) is 26.1. The van der Waals surface area contributed by atoms with Gasteiger partial charge in [0.15, 0.2) is 11.6 Å². The third kappa shape index (κ3) is 2.89. The van der Waals surface area contributed by atoms with E-state index in [1.807, 2.05) is 5.38 Å². The molecule has 2 atom stereocenters. The van der Waals surface area contributed by atoms with Crippen molar-refractivity contribution in [3.8, 4) is 0 Å². The predicted octanol–water partition coefficient (Wildman–Crippen LogP) is 2.57. The Hall–Kier alpha value is -2.32. The second-order valence-corrected chi connectivity index (χ2v) is 7.28. The predicted molar refractivity (Wildman–Crippen MR) is 91.9 cm³/mol. The number of nitrogens with one attached hydrogen (secondary N) is 2. The molecule has 2 amide bonds. The molecule has 0 aliphatic carbocycles. The maximum atomic E-state index is 13.8. The van der Waals surface area contributed by atoms with Crippen molar-refractivity contribution in [2.75, 3.05) is 18.5 Å². The van der Waals surface area contributed by atoms with Crippen molar-refractivity contribution in [2.24, 2.45) is 5.92 Å². The van der Waals surface area contributed by atoms with Crippen LogP contribution in [0.4, 0.5) is 14.5 Å². The maximum Gasteiger partial charge on any atom is 0.237 e. The summed E-state index contributed by atoms with van der Waals surface area (Å²) in [5, 5.41) is 7.04. The molecule has 1 unspecified atom stereocenters. The maximum absolute atomic E-state index is 13.8. The zero-order chi connectivity index (χ0) is 18.3. The summed E-state index contributed by atoms with van der Waals surface area (Å²) in [5.41, 5.74) is 1.83. The zero-order valence-electron chi connectivity index (χ0n) is 13.7. The summed E-state index contributed by atoms with van der Waals surface area (Å²) in [6.07, 6.45) is 0.742. The van der Waals surface area contributed by atoms with Gasteiger partial charge in [-0.25, -0.2) is 8.78 Å². The first-order valence-corrected chi connectivity index (χ1v) is 9.13. The zero-order valence-corrected chi connectivity index (χ0v) is 14.5. The number of fused-ring (bicyclic) bond motifs is 1. The van der Waals surface area contributed by atoms with Crippen LogP contribution in [-0.2, 0) is 27.4 Å². The van der Waals surface area contributed by atoms with Gasteiger partial charge in [0.2, 0.25) is 11.8 Å². The summed E-state index contributed by atoms with van der Waals surface area (Å²) in [6.45, 7) is 1.49. The van der Waals surface area contributed by atoms with E-state index in [1.54, 1.807) is 11.3 Å². The topological polar surface area (TPSA) is 67.4 Å². The third-order valence-electron chi connectivity index (χ3n) is 4.82. The van der Waals surface area contributed by atoms with Crippen LogP contribution in [0.2, 0.25) is 0 Å². The standard InChI is InChI=1S/C18H16F2N2O3S/c19-12-2-1-3-13(16(12)20)22-18(24)15-10(6-21-17(15)23)11-8-26-14-7-25-5-4-9(11)14/h1-3,8,10,15H,4-7H2,(H,21,23)(H,22,24)/t10?,15-/m1/s1. The lowest BCUT2D eigenvalue weighted by atomic mass is 9.85. The molecule has 0 radical (unpaired) electrons. The van der Waals surface area contributed by atoms with Crippen LogP contribution in [0.1, 0.15) is 21.9 Å². The molecule has 5 nitrogen and oxygen atoms in total. The quantitative estimate of drug-likeness (QED) is 0.807. The van der Waals surface area contributed by atoms with Crippen molar-refractivity contribution in [3.05, 3.63) is 51.2 Å². The smallest absolute Gasteiger partial charge is 0.237 e. The molecule has 3 heterocycles. The highest BCUT2D eigenvalue weighted by Crippen LogP contribution is 2.38. The monoisotopic (exact) mass is 378 g/mol. The first-order valence-electron chi connectivity index (χ1n) is 8.25. The molecule has 1 fully saturated rings. The third-order valence-corrected chi connectivity index (χ3v) is 5.84. The largest absolute Gasteiger partial charge is 0.376 e. The van der Waals surface area contributed by atoms with Crippen LogP contribution in [0.3, 0.4) is 0 Å². The molecule has 136 valence electrons. The number of ether oxygens (including phenoxy) is 1. The van der Waals surface area contributed by atoms with E-state index in [9.17, 15) is 18.4 Å². The van der Waals surface area contributed by atoms with Crippen LogP contribution in [0.15, 0.2) is 23.6 Å². The number of halogens is 2. The van der Waals surface area contributed by atoms with E-state index >= 15 is 0 Å². The molecule has 4 rings (SSSR count). The van der Waals surface area contributed by atoms with Gasteiger partial charge in [-0.15, -0.1) is 11.3 Å². The Balaban J connectivity index is 1.61. The SMILES string of the molecule is O=C1NCC(c2csc3c2CCOC3)[C@H]1C(=O)Nc1cccc(F)c1F. The molecule has 2 aliphatic rings. The van der Waals surface area contributed by atoms with E-state index in [-0.39, 0.29) is 11.6 Å². The summed E-state index contributed by atoms with van der Waals surface area (Å²) >= 11 is 1.56. The molecule has 1 saturated heterocycles. The Morgan fingerprint density at radius 2 is 2.19 bits per heavy atom. The molecule has 0 saturated carbocycles. The van der Waals surface area contributed by atoms with Crippen LogP contribution in [0, 0.1) is 17.6 Å². The fraction of sp³-hybridized carbons (Fsp3) is 0.333. The number of anilines is 1. The minimum absolute atomic E-state index is 0.269. The van der Waals surface area contributed by atoms with Crippen molar-refractivity contribution < 1.29 is 23.1 Å². The number of hydrogen-bond donors (Lipinski definition) is 2. The van der Waals surface area contributed by atoms with Crippen molar-refractivity contribution in [2.45, 2.75) is 18.9 Å². The van der Waals surface area contributed by atoms with Crippen molar-refractivity contribution in [1.82, 2.24) is 5.32 Å². The Bertz CT molecular complexity index is 883. The molecule has 1 aromatic heterocycles. The van der Waals surface area contributed by atoms with Crippen LogP contribution in [-0.4, -0.2) is 25.0 Å². The van der Waals surface area contributed by atoms with E-state index in [2.05, 4.69) is 10.6 Å². The van der Waals surface area contributed by atoms with Gasteiger partial charge < -0.3 is 15.4 Å². The fourth-order valence-corrected chi connectivity index (χ4v) is 4.62. The van der Waals surface area contributed by atoms with Gasteiger partial charge in [0.05, 0.1) is 18.9 Å². The van der Waals surface area contributed by atoms with Gasteiger partial charge in [-0.2, -0.15) is 0 Å². The molecule has 2 N–H and O–H groups in total. The number of carbonyl (C=O) groups is 2. The molecule has 2 aromatic rings. The van der Waals surface area contributed by atoms with E-state index in [1.165, 1.54) is 12.1 Å². The number of hydrogen-bond acceptors (Lipinski definition) is 4. The molecule has 1 aromatic carbocycles. The van der Waals surface area contributed by atoms with Crippen LogP contribution >= 0.6 is 11.3 Å². The van der Waals surface area contributed by atoms with Gasteiger partial charge in [0.25, 0.3) is 0 Å². The summed E-state index contributed by atoms with van der Waals surface area (Å²) in [7, 11) is 0. The van der Waals surface area contributed by atoms with Gasteiger partial charge in [-0.3, -0.25) is 9.59 Å². The fourth-order valence-electron chi connectivity index (χ4n) is 3.52. The number of rotatable bonds is 3. The highest BCUT2D eigenvalue weighted by molar-refractivity contribution is 7.10. The van der Waals surface area contributed by atoms with Gasteiger partial charge in [0, 0.05) is 17.3 Å². The average Bonchev–Trinajstić information content (AvgIpc) is 3.22. The Labute approximate surface area is 152 Å². The van der Waals surface area contributed by atoms with E-state index < -0.39 is 29.4 Å². The van der Waals surface area contributed by atoms with Crippen molar-refractivity contribution in [3.63, 3.8) is 0 Å². The molecule has 2 aliphatic heterocycles. The van der Waals surface area contributed by atoms with Gasteiger partial charge in [-0.05, 0) is 35.1 Å². The van der Waals surface area contributed by atoms with Gasteiger partial charge in [-0.1, -0.05) is 6.07 Å². The van der Waals surface area contributed by atoms with Crippen molar-refractivity contribution in [1.29, 1.82) is 0 Å². The molecule has 0 bridgehead atoms. The lowest BCUT2D eigenvalue weighted by Crippen LogP contribution is -2.32. The van der Waals surface area contributed by atoms with E-state index in [4.69, 9.17) is 4.74 Å². The number of amides is 2. The van der Waals surface area contributed by atoms with Gasteiger partial charge in [0.1, 0.15) is 5.92 Å². The number of benzene rings is 1. The second-order valence-electron chi connectivity index (χ2n) is 6.32. The Morgan fingerprint density at radius 3 is 3.04 bits per heavy atom. The molecule has 26 heavy (non-hydrogen) atoms. The normalized spacial score (nSPS) is 22.0. The van der Waals surface area contributed by atoms with Gasteiger partial charge >= 0.3 is 0 Å². The minimum Gasteiger partial charge on any atom is -0.376 e. The second kappa shape index (κ2) is 6.77. The molecule has 0 spiro atoms. The number of carbonyl (C=O) groups excluding carboxylic acids is 2. The Morgan fingerprint density at radius 1 is 1.35 bits per heavy atom.